The number of aromatic nitrogens is 2. The minimum absolute atomic E-state index is 0.310. The van der Waals surface area contributed by atoms with Crippen molar-refractivity contribution in [1.82, 2.24) is 15.2 Å². The van der Waals surface area contributed by atoms with Crippen molar-refractivity contribution in [1.29, 1.82) is 0 Å². The van der Waals surface area contributed by atoms with Gasteiger partial charge in [0.2, 0.25) is 0 Å². The van der Waals surface area contributed by atoms with Gasteiger partial charge in [0.05, 0.1) is 15.9 Å². The quantitative estimate of drug-likeness (QED) is 0.645. The maximum atomic E-state index is 5.84. The van der Waals surface area contributed by atoms with Gasteiger partial charge in [-0.25, -0.2) is 0 Å². The molecule has 0 saturated heterocycles. The van der Waals surface area contributed by atoms with Crippen molar-refractivity contribution in [2.24, 2.45) is 11.3 Å². The Kier molecular flexibility index (Phi) is 4.69. The first-order valence-corrected chi connectivity index (χ1v) is 7.99. The molecule has 0 spiro atoms. The number of hydrazine groups is 1. The van der Waals surface area contributed by atoms with Crippen molar-refractivity contribution >= 4 is 15.9 Å². The van der Waals surface area contributed by atoms with Gasteiger partial charge in [-0.2, -0.15) is 5.10 Å². The van der Waals surface area contributed by atoms with Crippen LogP contribution in [0.3, 0.4) is 0 Å². The van der Waals surface area contributed by atoms with Gasteiger partial charge in [-0.05, 0) is 48.0 Å². The van der Waals surface area contributed by atoms with E-state index >= 15 is 0 Å². The molecule has 0 radical (unpaired) electrons. The van der Waals surface area contributed by atoms with Gasteiger partial charge in [0.15, 0.2) is 0 Å². The Morgan fingerprint density at radius 2 is 2.11 bits per heavy atom. The van der Waals surface area contributed by atoms with E-state index in [4.69, 9.17) is 5.84 Å². The highest BCUT2D eigenvalue weighted by molar-refractivity contribution is 9.10. The summed E-state index contributed by atoms with van der Waals surface area (Å²) in [6.45, 7) is 7.43. The predicted molar refractivity (Wildman–Crippen MR) is 81.7 cm³/mol. The van der Waals surface area contributed by atoms with Crippen LogP contribution in [0.2, 0.25) is 0 Å². The fourth-order valence-electron chi connectivity index (χ4n) is 3.29. The van der Waals surface area contributed by atoms with Crippen LogP contribution in [0.1, 0.15) is 50.9 Å². The summed E-state index contributed by atoms with van der Waals surface area (Å²) in [5, 5.41) is 4.57. The first kappa shape index (κ1) is 15.0. The van der Waals surface area contributed by atoms with Crippen molar-refractivity contribution in [3.05, 3.63) is 15.9 Å². The molecule has 1 aromatic heterocycles. The lowest BCUT2D eigenvalue weighted by Gasteiger charge is -2.33. The summed E-state index contributed by atoms with van der Waals surface area (Å²) in [6.07, 6.45) is 6.10. The van der Waals surface area contributed by atoms with Gasteiger partial charge in [0.1, 0.15) is 0 Å². The van der Waals surface area contributed by atoms with Crippen LogP contribution in [0, 0.1) is 12.3 Å². The summed E-state index contributed by atoms with van der Waals surface area (Å²) in [4.78, 5) is 0. The van der Waals surface area contributed by atoms with Crippen LogP contribution < -0.4 is 11.3 Å². The highest BCUT2D eigenvalue weighted by atomic mass is 79.9. The summed E-state index contributed by atoms with van der Waals surface area (Å²) >= 11 is 3.67. The molecule has 1 aliphatic rings. The fourth-order valence-corrected chi connectivity index (χ4v) is 3.74. The number of nitrogens with one attached hydrogen (secondary N) is 1. The van der Waals surface area contributed by atoms with Crippen LogP contribution in [0.4, 0.5) is 0 Å². The molecule has 19 heavy (non-hydrogen) atoms. The van der Waals surface area contributed by atoms with Gasteiger partial charge in [0.25, 0.3) is 0 Å². The van der Waals surface area contributed by atoms with E-state index in [1.807, 2.05) is 6.92 Å². The highest BCUT2D eigenvalue weighted by Crippen LogP contribution is 2.41. The zero-order chi connectivity index (χ0) is 14.0. The molecular weight excluding hydrogens is 304 g/mol. The predicted octanol–water partition coefficient (Wildman–Crippen LogP) is 2.93. The van der Waals surface area contributed by atoms with Gasteiger partial charge >= 0.3 is 0 Å². The van der Waals surface area contributed by atoms with Crippen LogP contribution >= 0.6 is 15.9 Å². The molecule has 0 amide bonds. The van der Waals surface area contributed by atoms with E-state index in [9.17, 15) is 0 Å². The number of hydrogen-bond donors (Lipinski definition) is 2. The van der Waals surface area contributed by atoms with Crippen molar-refractivity contribution in [2.45, 2.75) is 65.5 Å². The Labute approximate surface area is 124 Å². The first-order chi connectivity index (χ1) is 9.01. The van der Waals surface area contributed by atoms with Crippen molar-refractivity contribution in [3.63, 3.8) is 0 Å². The van der Waals surface area contributed by atoms with E-state index in [-0.39, 0.29) is 0 Å². The zero-order valence-corrected chi connectivity index (χ0v) is 13.8. The van der Waals surface area contributed by atoms with Crippen molar-refractivity contribution in [3.8, 4) is 0 Å². The Morgan fingerprint density at radius 1 is 1.47 bits per heavy atom. The molecule has 1 aliphatic carbocycles. The van der Waals surface area contributed by atoms with Gasteiger partial charge in [-0.15, -0.1) is 0 Å². The van der Waals surface area contributed by atoms with Gasteiger partial charge < -0.3 is 0 Å². The van der Waals surface area contributed by atoms with E-state index in [2.05, 4.69) is 45.0 Å². The van der Waals surface area contributed by atoms with Gasteiger partial charge in [0, 0.05) is 19.0 Å². The molecule has 3 N–H and O–H groups in total. The van der Waals surface area contributed by atoms with Gasteiger partial charge in [-0.1, -0.05) is 19.8 Å². The molecule has 1 fully saturated rings. The smallest absolute Gasteiger partial charge is 0.0738 e. The number of halogens is 1. The molecule has 1 atom stereocenters. The third-order valence-electron chi connectivity index (χ3n) is 4.64. The van der Waals surface area contributed by atoms with E-state index in [0.29, 0.717) is 11.5 Å². The number of nitrogens with zero attached hydrogens (tertiary/aromatic N) is 2. The molecule has 0 aromatic carbocycles. The molecule has 2 rings (SSSR count). The third-order valence-corrected chi connectivity index (χ3v) is 5.67. The Hall–Kier alpha value is -0.390. The van der Waals surface area contributed by atoms with Crippen LogP contribution in [0.25, 0.3) is 0 Å². The summed E-state index contributed by atoms with van der Waals surface area (Å²) in [6, 6.07) is 0.313. The first-order valence-electron chi connectivity index (χ1n) is 7.19. The number of rotatable bonds is 5. The average Bonchev–Trinajstić information content (AvgIpc) is 2.94. The monoisotopic (exact) mass is 328 g/mol. The minimum Gasteiger partial charge on any atom is -0.271 e. The highest BCUT2D eigenvalue weighted by Gasteiger charge is 2.37. The summed E-state index contributed by atoms with van der Waals surface area (Å²) in [7, 11) is 0. The number of nitrogens with two attached hydrogens (primary N) is 1. The number of hydrogen-bond acceptors (Lipinski definition) is 3. The van der Waals surface area contributed by atoms with Crippen LogP contribution in [-0.4, -0.2) is 15.8 Å². The lowest BCUT2D eigenvalue weighted by Crippen LogP contribution is -2.47. The van der Waals surface area contributed by atoms with Crippen molar-refractivity contribution < 1.29 is 0 Å². The Bertz CT molecular complexity index is 435. The lowest BCUT2D eigenvalue weighted by molar-refractivity contribution is 0.217. The number of aryl methyl sites for hydroxylation is 2. The zero-order valence-electron chi connectivity index (χ0n) is 12.2. The second-order valence-corrected chi connectivity index (χ2v) is 6.74. The van der Waals surface area contributed by atoms with E-state index < -0.39 is 0 Å². The largest absolute Gasteiger partial charge is 0.271 e. The van der Waals surface area contributed by atoms with Crippen LogP contribution in [0.5, 0.6) is 0 Å². The Morgan fingerprint density at radius 3 is 2.63 bits per heavy atom. The SMILES string of the molecule is CCn1nc(C)c(Br)c1CC(NN)C1(C)CCCC1. The third kappa shape index (κ3) is 2.88. The Balaban J connectivity index is 2.23. The molecule has 0 bridgehead atoms. The second kappa shape index (κ2) is 5.94. The van der Waals surface area contributed by atoms with Gasteiger partial charge in [-0.3, -0.25) is 16.0 Å². The topological polar surface area (TPSA) is 55.9 Å². The normalized spacial score (nSPS) is 19.8. The molecule has 5 heteroatoms. The van der Waals surface area contributed by atoms with E-state index in [0.717, 1.165) is 23.1 Å². The second-order valence-electron chi connectivity index (χ2n) is 5.95. The molecule has 0 aliphatic heterocycles. The molecule has 108 valence electrons. The molecule has 1 aromatic rings. The summed E-state index contributed by atoms with van der Waals surface area (Å²) in [5.41, 5.74) is 5.69. The summed E-state index contributed by atoms with van der Waals surface area (Å²) in [5.74, 6) is 5.84. The molecule has 4 nitrogen and oxygen atoms in total. The standard InChI is InChI=1S/C14H25BrN4/c1-4-19-11(13(15)10(2)18-19)9-12(17-16)14(3)7-5-6-8-14/h12,17H,4-9,16H2,1-3H3. The maximum Gasteiger partial charge on any atom is 0.0738 e. The van der Waals surface area contributed by atoms with E-state index in [1.165, 1.54) is 31.4 Å². The fraction of sp³-hybridized carbons (Fsp3) is 0.786. The van der Waals surface area contributed by atoms with Crippen LogP contribution in [-0.2, 0) is 13.0 Å². The molecule has 1 unspecified atom stereocenters. The molecule has 1 saturated carbocycles. The van der Waals surface area contributed by atoms with Crippen LogP contribution in [0.15, 0.2) is 4.47 Å². The van der Waals surface area contributed by atoms with E-state index in [1.54, 1.807) is 0 Å². The molecule has 1 heterocycles. The maximum absolute atomic E-state index is 5.84. The minimum atomic E-state index is 0.310. The lowest BCUT2D eigenvalue weighted by atomic mass is 9.79. The molecular formula is C14H25BrN4. The van der Waals surface area contributed by atoms with Crippen molar-refractivity contribution in [2.75, 3.05) is 0 Å². The summed E-state index contributed by atoms with van der Waals surface area (Å²) < 4.78 is 3.22. The average molecular weight is 329 g/mol.